The van der Waals surface area contributed by atoms with Crippen molar-refractivity contribution in [3.05, 3.63) is 35.4 Å². The average Bonchev–Trinajstić information content (AvgIpc) is 2.81. The molecule has 2 bridgehead atoms. The fourth-order valence-corrected chi connectivity index (χ4v) is 4.83. The van der Waals surface area contributed by atoms with E-state index >= 15 is 0 Å². The molecular formula is C21H31NO. The van der Waals surface area contributed by atoms with Crippen LogP contribution in [0, 0.1) is 11.8 Å². The number of carbonyl (C=O) groups is 1. The molecular weight excluding hydrogens is 282 g/mol. The molecule has 1 aromatic rings. The van der Waals surface area contributed by atoms with E-state index in [-0.39, 0.29) is 5.92 Å². The summed E-state index contributed by atoms with van der Waals surface area (Å²) in [4.78, 5) is 15.3. The van der Waals surface area contributed by atoms with E-state index in [1.807, 2.05) is 6.92 Å². The number of ketones is 1. The summed E-state index contributed by atoms with van der Waals surface area (Å²) in [7, 11) is 2.22. The van der Waals surface area contributed by atoms with E-state index in [2.05, 4.69) is 50.1 Å². The fourth-order valence-electron chi connectivity index (χ4n) is 4.83. The Morgan fingerprint density at radius 3 is 2.48 bits per heavy atom. The highest BCUT2D eigenvalue weighted by atomic mass is 16.1. The molecule has 2 saturated heterocycles. The van der Waals surface area contributed by atoms with Crippen molar-refractivity contribution in [1.29, 1.82) is 0 Å². The minimum absolute atomic E-state index is 0.183. The van der Waals surface area contributed by atoms with Crippen LogP contribution in [0.5, 0.6) is 0 Å². The molecule has 0 N–H and O–H groups in total. The Hall–Kier alpha value is -1.15. The maximum Gasteiger partial charge on any atom is 0.137 e. The summed E-state index contributed by atoms with van der Waals surface area (Å²) in [5.74, 6) is 2.37. The molecule has 1 saturated carbocycles. The summed E-state index contributed by atoms with van der Waals surface area (Å²) in [5, 5.41) is 0. The number of Topliss-reactive ketones (excluding diaryl/α,β-unsaturated/α-hetero) is 1. The zero-order chi connectivity index (χ0) is 16.6. The highest BCUT2D eigenvalue weighted by Gasteiger charge is 2.44. The van der Waals surface area contributed by atoms with Crippen LogP contribution in [0.1, 0.15) is 69.4 Å². The molecule has 23 heavy (non-hydrogen) atoms. The average molecular weight is 313 g/mol. The minimum Gasteiger partial charge on any atom is -0.302 e. The van der Waals surface area contributed by atoms with Crippen LogP contribution in [0.3, 0.4) is 0 Å². The van der Waals surface area contributed by atoms with Gasteiger partial charge in [0, 0.05) is 24.9 Å². The fraction of sp³-hybridized carbons (Fsp3) is 0.667. The van der Waals surface area contributed by atoms with Crippen LogP contribution >= 0.6 is 0 Å². The van der Waals surface area contributed by atoms with Crippen LogP contribution < -0.4 is 0 Å². The first-order chi connectivity index (χ1) is 11.0. The van der Waals surface area contributed by atoms with Crippen LogP contribution in [0.4, 0.5) is 0 Å². The van der Waals surface area contributed by atoms with Crippen LogP contribution in [-0.2, 0) is 4.79 Å². The SMILES string of the molecule is CCC(=O)[C@H]1C2CCC(C[C@H]1c1ccc(C(C)C)cc1)CN2C. The van der Waals surface area contributed by atoms with Gasteiger partial charge < -0.3 is 4.90 Å². The summed E-state index contributed by atoms with van der Waals surface area (Å²) in [5.41, 5.74) is 2.77. The molecule has 126 valence electrons. The normalized spacial score (nSPS) is 31.3. The van der Waals surface area contributed by atoms with Crippen molar-refractivity contribution in [3.63, 3.8) is 0 Å². The Morgan fingerprint density at radius 2 is 1.91 bits per heavy atom. The number of rotatable bonds is 4. The van der Waals surface area contributed by atoms with Gasteiger partial charge >= 0.3 is 0 Å². The molecule has 2 heterocycles. The molecule has 2 aliphatic heterocycles. The first-order valence-corrected chi connectivity index (χ1v) is 9.34. The number of piperidine rings is 1. The lowest BCUT2D eigenvalue weighted by Crippen LogP contribution is -2.45. The van der Waals surface area contributed by atoms with Gasteiger partial charge in [0.2, 0.25) is 0 Å². The van der Waals surface area contributed by atoms with E-state index in [0.29, 0.717) is 30.1 Å². The first kappa shape index (κ1) is 16.7. The van der Waals surface area contributed by atoms with E-state index in [1.54, 1.807) is 0 Å². The Balaban J connectivity index is 1.95. The number of hydrogen-bond acceptors (Lipinski definition) is 2. The van der Waals surface area contributed by atoms with Gasteiger partial charge in [0.05, 0.1) is 0 Å². The Morgan fingerprint density at radius 1 is 1.22 bits per heavy atom. The molecule has 4 rings (SSSR count). The van der Waals surface area contributed by atoms with Gasteiger partial charge in [0.25, 0.3) is 0 Å². The van der Waals surface area contributed by atoms with E-state index in [0.717, 1.165) is 5.92 Å². The van der Waals surface area contributed by atoms with Gasteiger partial charge in [0.1, 0.15) is 5.78 Å². The second kappa shape index (κ2) is 6.76. The van der Waals surface area contributed by atoms with Gasteiger partial charge in [-0.05, 0) is 55.2 Å². The third-order valence-corrected chi connectivity index (χ3v) is 6.17. The first-order valence-electron chi connectivity index (χ1n) is 9.34. The number of carbonyl (C=O) groups excluding carboxylic acids is 1. The van der Waals surface area contributed by atoms with Gasteiger partial charge in [-0.2, -0.15) is 0 Å². The molecule has 0 spiro atoms. The molecule has 2 unspecified atom stereocenters. The molecule has 2 heteroatoms. The van der Waals surface area contributed by atoms with Crippen molar-refractivity contribution in [3.8, 4) is 0 Å². The summed E-state index contributed by atoms with van der Waals surface area (Å²) >= 11 is 0. The van der Waals surface area contributed by atoms with E-state index < -0.39 is 0 Å². The van der Waals surface area contributed by atoms with Gasteiger partial charge in [-0.25, -0.2) is 0 Å². The molecule has 2 nitrogen and oxygen atoms in total. The zero-order valence-electron chi connectivity index (χ0n) is 15.1. The van der Waals surface area contributed by atoms with Crippen molar-refractivity contribution in [2.24, 2.45) is 11.8 Å². The maximum atomic E-state index is 12.8. The number of nitrogens with zero attached hydrogens (tertiary/aromatic N) is 1. The third kappa shape index (κ3) is 3.24. The van der Waals surface area contributed by atoms with Crippen molar-refractivity contribution in [2.45, 2.75) is 64.3 Å². The number of fused-ring (bicyclic) bond motifs is 4. The molecule has 1 aromatic carbocycles. The predicted molar refractivity (Wildman–Crippen MR) is 95.8 cm³/mol. The van der Waals surface area contributed by atoms with Gasteiger partial charge in [0.15, 0.2) is 0 Å². The standard InChI is InChI=1S/C21H31NO/c1-5-20(23)21-18(12-15-6-11-19(21)22(4)13-15)17-9-7-16(8-10-17)14(2)3/h7-10,14-15,18-19,21H,5-6,11-13H2,1-4H3/t15?,18-,19?,21+/m0/s1. The highest BCUT2D eigenvalue weighted by Crippen LogP contribution is 2.45. The van der Waals surface area contributed by atoms with Gasteiger partial charge in [-0.15, -0.1) is 0 Å². The number of benzene rings is 1. The van der Waals surface area contributed by atoms with Crippen LogP contribution in [0.15, 0.2) is 24.3 Å². The lowest BCUT2D eigenvalue weighted by molar-refractivity contribution is -0.125. The molecule has 4 atom stereocenters. The second-order valence-electron chi connectivity index (χ2n) is 7.96. The quantitative estimate of drug-likeness (QED) is 0.809. The van der Waals surface area contributed by atoms with Crippen molar-refractivity contribution in [2.75, 3.05) is 13.6 Å². The molecule has 0 radical (unpaired) electrons. The highest BCUT2D eigenvalue weighted by molar-refractivity contribution is 5.82. The monoisotopic (exact) mass is 313 g/mol. The Kier molecular flexibility index (Phi) is 4.91. The number of hydrogen-bond donors (Lipinski definition) is 0. The summed E-state index contributed by atoms with van der Waals surface area (Å²) in [6, 6.07) is 9.56. The molecule has 1 aliphatic carbocycles. The van der Waals surface area contributed by atoms with Crippen LogP contribution in [0.2, 0.25) is 0 Å². The molecule has 3 fully saturated rings. The summed E-state index contributed by atoms with van der Waals surface area (Å²) in [6.07, 6.45) is 4.33. The topological polar surface area (TPSA) is 20.3 Å². The second-order valence-corrected chi connectivity index (χ2v) is 7.96. The van der Waals surface area contributed by atoms with Crippen molar-refractivity contribution >= 4 is 5.78 Å². The predicted octanol–water partition coefficient (Wildman–Crippen LogP) is 4.60. The van der Waals surface area contributed by atoms with Gasteiger partial charge in [-0.3, -0.25) is 4.79 Å². The largest absolute Gasteiger partial charge is 0.302 e. The Bertz CT molecular complexity index is 547. The van der Waals surface area contributed by atoms with Crippen molar-refractivity contribution in [1.82, 2.24) is 4.90 Å². The van der Waals surface area contributed by atoms with E-state index in [4.69, 9.17) is 0 Å². The van der Waals surface area contributed by atoms with Gasteiger partial charge in [-0.1, -0.05) is 45.0 Å². The minimum atomic E-state index is 0.183. The van der Waals surface area contributed by atoms with Crippen LogP contribution in [-0.4, -0.2) is 30.3 Å². The lowest BCUT2D eigenvalue weighted by Gasteiger charge is -2.37. The lowest BCUT2D eigenvalue weighted by atomic mass is 9.76. The zero-order valence-corrected chi connectivity index (χ0v) is 15.1. The summed E-state index contributed by atoms with van der Waals surface area (Å²) in [6.45, 7) is 7.66. The van der Waals surface area contributed by atoms with Crippen molar-refractivity contribution < 1.29 is 4.79 Å². The molecule has 0 amide bonds. The molecule has 3 aliphatic rings. The summed E-state index contributed by atoms with van der Waals surface area (Å²) < 4.78 is 0. The molecule has 0 aromatic heterocycles. The van der Waals surface area contributed by atoms with E-state index in [9.17, 15) is 4.79 Å². The van der Waals surface area contributed by atoms with Crippen LogP contribution in [0.25, 0.3) is 0 Å². The van der Waals surface area contributed by atoms with E-state index in [1.165, 1.54) is 36.9 Å². The maximum absolute atomic E-state index is 12.8. The Labute approximate surface area is 141 Å². The third-order valence-electron chi connectivity index (χ3n) is 6.17. The smallest absolute Gasteiger partial charge is 0.137 e.